The van der Waals surface area contributed by atoms with Crippen LogP contribution in [0.25, 0.3) is 0 Å². The van der Waals surface area contributed by atoms with Gasteiger partial charge in [-0.3, -0.25) is 4.79 Å². The van der Waals surface area contributed by atoms with Crippen molar-refractivity contribution in [1.82, 2.24) is 0 Å². The minimum absolute atomic E-state index is 0.0556. The van der Waals surface area contributed by atoms with Gasteiger partial charge in [0.25, 0.3) is 0 Å². The number of benzene rings is 1. The third kappa shape index (κ3) is 16.0. The summed E-state index contributed by atoms with van der Waals surface area (Å²) < 4.78 is 5.80. The molecule has 1 rings (SSSR count). The van der Waals surface area contributed by atoms with Gasteiger partial charge in [-0.05, 0) is 18.6 Å². The summed E-state index contributed by atoms with van der Waals surface area (Å²) in [6.45, 7) is 4.55. The summed E-state index contributed by atoms with van der Waals surface area (Å²) in [5, 5.41) is 2.78. The van der Waals surface area contributed by atoms with Crippen LogP contribution >= 0.6 is 0 Å². The number of hydrogen-bond donors (Lipinski definition) is 1. The Morgan fingerprint density at radius 1 is 0.759 bits per heavy atom. The van der Waals surface area contributed by atoms with Crippen LogP contribution in [0.5, 0.6) is 5.75 Å². The summed E-state index contributed by atoms with van der Waals surface area (Å²) in [6.07, 6.45) is 22.1. The topological polar surface area (TPSA) is 38.3 Å². The van der Waals surface area contributed by atoms with E-state index in [1.807, 2.05) is 24.3 Å². The third-order valence-corrected chi connectivity index (χ3v) is 5.42. The highest BCUT2D eigenvalue weighted by atomic mass is 16.5. The van der Waals surface area contributed by atoms with Gasteiger partial charge in [-0.15, -0.1) is 0 Å². The van der Waals surface area contributed by atoms with Crippen molar-refractivity contribution in [3.63, 3.8) is 0 Å². The standard InChI is InChI=1S/C26H45NO2/c1-3-4-5-6-7-8-9-10-11-12-13-14-15-16-17-18-22-29-26-21-19-20-25(23-26)27-24(2)28/h19-21,23H,3-18,22H2,1-2H3,(H,27,28). The zero-order valence-corrected chi connectivity index (χ0v) is 19.1. The molecule has 0 unspecified atom stereocenters. The number of nitrogens with one attached hydrogen (secondary N) is 1. The summed E-state index contributed by atoms with van der Waals surface area (Å²) in [7, 11) is 0. The molecule has 0 heterocycles. The largest absolute Gasteiger partial charge is 0.494 e. The summed E-state index contributed by atoms with van der Waals surface area (Å²) in [6, 6.07) is 7.61. The predicted octanol–water partition coefficient (Wildman–Crippen LogP) is 8.29. The van der Waals surface area contributed by atoms with Crippen molar-refractivity contribution in [1.29, 1.82) is 0 Å². The van der Waals surface area contributed by atoms with E-state index in [4.69, 9.17) is 4.74 Å². The van der Waals surface area contributed by atoms with E-state index in [9.17, 15) is 4.79 Å². The Balaban J connectivity index is 1.83. The molecule has 0 fully saturated rings. The molecule has 166 valence electrons. The molecule has 29 heavy (non-hydrogen) atoms. The Hall–Kier alpha value is -1.51. The van der Waals surface area contributed by atoms with Crippen molar-refractivity contribution in [3.05, 3.63) is 24.3 Å². The summed E-state index contributed by atoms with van der Waals surface area (Å²) in [5.41, 5.74) is 0.793. The van der Waals surface area contributed by atoms with E-state index >= 15 is 0 Å². The fourth-order valence-corrected chi connectivity index (χ4v) is 3.71. The molecule has 1 aromatic carbocycles. The molecular weight excluding hydrogens is 358 g/mol. The van der Waals surface area contributed by atoms with Gasteiger partial charge in [-0.25, -0.2) is 0 Å². The second kappa shape index (κ2) is 18.5. The van der Waals surface area contributed by atoms with Gasteiger partial charge in [0.15, 0.2) is 0 Å². The summed E-state index contributed by atoms with van der Waals surface area (Å²) in [4.78, 5) is 11.1. The van der Waals surface area contributed by atoms with Crippen molar-refractivity contribution in [2.45, 2.75) is 117 Å². The number of ether oxygens (including phenoxy) is 1. The molecule has 0 spiro atoms. The van der Waals surface area contributed by atoms with Crippen LogP contribution in [-0.4, -0.2) is 12.5 Å². The highest BCUT2D eigenvalue weighted by Crippen LogP contribution is 2.18. The van der Waals surface area contributed by atoms with Crippen LogP contribution < -0.4 is 10.1 Å². The monoisotopic (exact) mass is 403 g/mol. The number of hydrogen-bond acceptors (Lipinski definition) is 2. The molecule has 0 bridgehead atoms. The molecule has 0 saturated heterocycles. The van der Waals surface area contributed by atoms with Crippen LogP contribution in [0.2, 0.25) is 0 Å². The first-order valence-electron chi connectivity index (χ1n) is 12.2. The lowest BCUT2D eigenvalue weighted by molar-refractivity contribution is -0.114. The first-order chi connectivity index (χ1) is 14.2. The molecule has 0 aliphatic rings. The molecule has 1 amide bonds. The smallest absolute Gasteiger partial charge is 0.221 e. The van der Waals surface area contributed by atoms with Crippen LogP contribution in [0.1, 0.15) is 117 Å². The second-order valence-corrected chi connectivity index (χ2v) is 8.36. The van der Waals surface area contributed by atoms with Gasteiger partial charge >= 0.3 is 0 Å². The second-order valence-electron chi connectivity index (χ2n) is 8.36. The van der Waals surface area contributed by atoms with Gasteiger partial charge in [0.05, 0.1) is 6.61 Å². The first kappa shape index (κ1) is 25.5. The number of unbranched alkanes of at least 4 members (excludes halogenated alkanes) is 15. The Morgan fingerprint density at radius 3 is 1.72 bits per heavy atom. The SMILES string of the molecule is CCCCCCCCCCCCCCCCCCOc1cccc(NC(C)=O)c1. The molecule has 1 aromatic rings. The Morgan fingerprint density at radius 2 is 1.24 bits per heavy atom. The Labute approximate surface area is 180 Å². The molecule has 0 aromatic heterocycles. The van der Waals surface area contributed by atoms with Gasteiger partial charge in [-0.2, -0.15) is 0 Å². The molecule has 0 aliphatic heterocycles. The van der Waals surface area contributed by atoms with Gasteiger partial charge in [0.2, 0.25) is 5.91 Å². The fraction of sp³-hybridized carbons (Fsp3) is 0.731. The third-order valence-electron chi connectivity index (χ3n) is 5.42. The van der Waals surface area contributed by atoms with E-state index in [1.54, 1.807) is 0 Å². The first-order valence-corrected chi connectivity index (χ1v) is 12.2. The highest BCUT2D eigenvalue weighted by molar-refractivity contribution is 5.88. The van der Waals surface area contributed by atoms with E-state index in [1.165, 1.54) is 103 Å². The maximum atomic E-state index is 11.1. The normalized spacial score (nSPS) is 10.8. The molecule has 0 aliphatic carbocycles. The van der Waals surface area contributed by atoms with Crippen LogP contribution in [0, 0.1) is 0 Å². The zero-order valence-electron chi connectivity index (χ0n) is 19.1. The zero-order chi connectivity index (χ0) is 21.0. The van der Waals surface area contributed by atoms with Gasteiger partial charge in [-0.1, -0.05) is 109 Å². The minimum atomic E-state index is -0.0556. The minimum Gasteiger partial charge on any atom is -0.494 e. The molecular formula is C26H45NO2. The number of rotatable bonds is 19. The molecule has 0 radical (unpaired) electrons. The quantitative estimate of drug-likeness (QED) is 0.236. The highest BCUT2D eigenvalue weighted by Gasteiger charge is 1.99. The van der Waals surface area contributed by atoms with Gasteiger partial charge in [0.1, 0.15) is 5.75 Å². The molecule has 0 atom stereocenters. The van der Waals surface area contributed by atoms with E-state index in [0.29, 0.717) is 0 Å². The molecule has 3 heteroatoms. The summed E-state index contributed by atoms with van der Waals surface area (Å²) >= 11 is 0. The number of anilines is 1. The maximum Gasteiger partial charge on any atom is 0.221 e. The molecule has 1 N–H and O–H groups in total. The maximum absolute atomic E-state index is 11.1. The average molecular weight is 404 g/mol. The Bertz CT molecular complexity index is 515. The van der Waals surface area contributed by atoms with E-state index in [0.717, 1.165) is 24.5 Å². The van der Waals surface area contributed by atoms with Crippen LogP contribution in [-0.2, 0) is 4.79 Å². The van der Waals surface area contributed by atoms with E-state index in [2.05, 4.69) is 12.2 Å². The number of amides is 1. The predicted molar refractivity (Wildman–Crippen MR) is 126 cm³/mol. The van der Waals surface area contributed by atoms with Crippen LogP contribution in [0.3, 0.4) is 0 Å². The molecule has 3 nitrogen and oxygen atoms in total. The lowest BCUT2D eigenvalue weighted by Crippen LogP contribution is -2.06. The fourth-order valence-electron chi connectivity index (χ4n) is 3.71. The lowest BCUT2D eigenvalue weighted by atomic mass is 10.0. The van der Waals surface area contributed by atoms with Crippen molar-refractivity contribution in [2.75, 3.05) is 11.9 Å². The molecule has 0 saturated carbocycles. The average Bonchev–Trinajstić information content (AvgIpc) is 2.70. The lowest BCUT2D eigenvalue weighted by Gasteiger charge is -2.08. The van der Waals surface area contributed by atoms with Crippen LogP contribution in [0.4, 0.5) is 5.69 Å². The van der Waals surface area contributed by atoms with Crippen molar-refractivity contribution in [3.8, 4) is 5.75 Å². The number of carbonyl (C=O) groups is 1. The van der Waals surface area contributed by atoms with Crippen molar-refractivity contribution >= 4 is 11.6 Å². The van der Waals surface area contributed by atoms with E-state index in [-0.39, 0.29) is 5.91 Å². The van der Waals surface area contributed by atoms with Gasteiger partial charge < -0.3 is 10.1 Å². The van der Waals surface area contributed by atoms with Gasteiger partial charge in [0, 0.05) is 18.7 Å². The number of carbonyl (C=O) groups excluding carboxylic acids is 1. The van der Waals surface area contributed by atoms with Crippen LogP contribution in [0.15, 0.2) is 24.3 Å². The van der Waals surface area contributed by atoms with Crippen molar-refractivity contribution in [2.24, 2.45) is 0 Å². The Kier molecular flexibility index (Phi) is 16.3. The van der Waals surface area contributed by atoms with Crippen molar-refractivity contribution < 1.29 is 9.53 Å². The summed E-state index contributed by atoms with van der Waals surface area (Å²) in [5.74, 6) is 0.775. The van der Waals surface area contributed by atoms with E-state index < -0.39 is 0 Å².